The Balaban J connectivity index is 1.78. The van der Waals surface area contributed by atoms with Crippen LogP contribution in [0.3, 0.4) is 0 Å². The van der Waals surface area contributed by atoms with E-state index >= 15 is 0 Å². The number of nitrogens with one attached hydrogen (secondary N) is 1. The second-order valence-electron chi connectivity index (χ2n) is 5.15. The molecule has 2 aromatic rings. The van der Waals surface area contributed by atoms with Crippen molar-refractivity contribution >= 4 is 33.4 Å². The third-order valence-electron chi connectivity index (χ3n) is 3.57. The molecule has 110 valence electrons. The highest BCUT2D eigenvalue weighted by atomic mass is 79.9. The fraction of sp³-hybridized carbons (Fsp3) is 0.400. The maximum Gasteiger partial charge on any atom is 0.247 e. The maximum atomic E-state index is 4.59. The van der Waals surface area contributed by atoms with Crippen LogP contribution in [0, 0.1) is 0 Å². The number of aromatic nitrogens is 3. The number of halogens is 1. The van der Waals surface area contributed by atoms with Crippen molar-refractivity contribution in [3.05, 3.63) is 34.9 Å². The predicted octanol–water partition coefficient (Wildman–Crippen LogP) is 3.76. The zero-order valence-corrected chi connectivity index (χ0v) is 13.4. The first-order valence-electron chi connectivity index (χ1n) is 7.29. The normalized spacial score (nSPS) is 15.6. The molecule has 0 amide bonds. The van der Waals surface area contributed by atoms with Crippen molar-refractivity contribution in [1.29, 1.82) is 0 Å². The lowest BCUT2D eigenvalue weighted by Crippen LogP contribution is -2.26. The summed E-state index contributed by atoms with van der Waals surface area (Å²) in [6.07, 6.45) is 6.63. The van der Waals surface area contributed by atoms with Gasteiger partial charge in [0.2, 0.25) is 5.95 Å². The lowest BCUT2D eigenvalue weighted by molar-refractivity contribution is 0.726. The molecule has 1 aromatic heterocycles. The van der Waals surface area contributed by atoms with Gasteiger partial charge in [-0.2, -0.15) is 10.1 Å². The van der Waals surface area contributed by atoms with Gasteiger partial charge in [-0.25, -0.2) is 0 Å². The van der Waals surface area contributed by atoms with Gasteiger partial charge in [0.25, 0.3) is 0 Å². The van der Waals surface area contributed by atoms with Crippen molar-refractivity contribution < 1.29 is 0 Å². The largest absolute Gasteiger partial charge is 0.339 e. The van der Waals surface area contributed by atoms with Gasteiger partial charge in [0.1, 0.15) is 0 Å². The summed E-state index contributed by atoms with van der Waals surface area (Å²) in [5, 5.41) is 11.5. The number of rotatable bonds is 3. The molecule has 1 aromatic carbocycles. The topological polar surface area (TPSA) is 53.9 Å². The van der Waals surface area contributed by atoms with Gasteiger partial charge in [-0.05, 0) is 40.9 Å². The van der Waals surface area contributed by atoms with Crippen molar-refractivity contribution in [2.75, 3.05) is 23.3 Å². The van der Waals surface area contributed by atoms with Crippen LogP contribution < -0.4 is 10.2 Å². The Morgan fingerprint density at radius 3 is 2.57 bits per heavy atom. The Labute approximate surface area is 132 Å². The minimum atomic E-state index is 0.717. The van der Waals surface area contributed by atoms with Crippen molar-refractivity contribution in [3.63, 3.8) is 0 Å². The van der Waals surface area contributed by atoms with Gasteiger partial charge in [0.05, 0.1) is 11.9 Å². The monoisotopic (exact) mass is 347 g/mol. The predicted molar refractivity (Wildman–Crippen MR) is 87.9 cm³/mol. The molecule has 1 saturated heterocycles. The SMILES string of the molecule is Brc1ccccc1Nc1cnnc(N2CCCCCC2)n1. The lowest BCUT2D eigenvalue weighted by atomic mass is 10.2. The minimum absolute atomic E-state index is 0.717. The van der Waals surface area contributed by atoms with Gasteiger partial charge in [-0.1, -0.05) is 25.0 Å². The van der Waals surface area contributed by atoms with Crippen molar-refractivity contribution in [2.24, 2.45) is 0 Å². The minimum Gasteiger partial charge on any atom is -0.339 e. The molecule has 1 fully saturated rings. The molecule has 0 unspecified atom stereocenters. The van der Waals surface area contributed by atoms with Crippen LogP contribution in [0.5, 0.6) is 0 Å². The Kier molecular flexibility index (Phi) is 4.65. The van der Waals surface area contributed by atoms with Gasteiger partial charge in [0.15, 0.2) is 5.82 Å². The van der Waals surface area contributed by atoms with Crippen LogP contribution in [0.25, 0.3) is 0 Å². The summed E-state index contributed by atoms with van der Waals surface area (Å²) in [5.41, 5.74) is 0.972. The highest BCUT2D eigenvalue weighted by Gasteiger charge is 2.13. The first-order valence-corrected chi connectivity index (χ1v) is 8.08. The molecule has 6 heteroatoms. The zero-order chi connectivity index (χ0) is 14.5. The molecule has 3 rings (SSSR count). The highest BCUT2D eigenvalue weighted by Crippen LogP contribution is 2.25. The summed E-state index contributed by atoms with van der Waals surface area (Å²) < 4.78 is 1.000. The molecule has 0 radical (unpaired) electrons. The standard InChI is InChI=1S/C15H18BrN5/c16-12-7-3-4-8-13(12)18-14-11-17-20-15(19-14)21-9-5-1-2-6-10-21/h3-4,7-8,11H,1-2,5-6,9-10H2,(H,18,19,20). The molecule has 1 aliphatic rings. The Hall–Kier alpha value is -1.69. The van der Waals surface area contributed by atoms with Gasteiger partial charge in [-0.15, -0.1) is 5.10 Å². The smallest absolute Gasteiger partial charge is 0.247 e. The lowest BCUT2D eigenvalue weighted by Gasteiger charge is -2.19. The molecule has 2 heterocycles. The highest BCUT2D eigenvalue weighted by molar-refractivity contribution is 9.10. The van der Waals surface area contributed by atoms with E-state index < -0.39 is 0 Å². The van der Waals surface area contributed by atoms with Crippen molar-refractivity contribution in [3.8, 4) is 0 Å². The number of hydrogen-bond donors (Lipinski definition) is 1. The fourth-order valence-corrected chi connectivity index (χ4v) is 2.84. The van der Waals surface area contributed by atoms with E-state index in [0.29, 0.717) is 5.95 Å². The average Bonchev–Trinajstić information content (AvgIpc) is 2.79. The number of benzene rings is 1. The average molecular weight is 348 g/mol. The van der Waals surface area contributed by atoms with E-state index in [1.54, 1.807) is 6.20 Å². The van der Waals surface area contributed by atoms with Crippen LogP contribution in [-0.2, 0) is 0 Å². The number of para-hydroxylation sites is 1. The molecule has 21 heavy (non-hydrogen) atoms. The molecule has 1 N–H and O–H groups in total. The maximum absolute atomic E-state index is 4.59. The fourth-order valence-electron chi connectivity index (χ4n) is 2.46. The van der Waals surface area contributed by atoms with Gasteiger partial charge in [-0.3, -0.25) is 0 Å². The molecule has 0 spiro atoms. The third kappa shape index (κ3) is 3.69. The second kappa shape index (κ2) is 6.85. The molecule has 0 saturated carbocycles. The molecule has 0 atom stereocenters. The Morgan fingerprint density at radius 1 is 1.05 bits per heavy atom. The van der Waals surface area contributed by atoms with Crippen LogP contribution in [0.15, 0.2) is 34.9 Å². The second-order valence-corrected chi connectivity index (χ2v) is 6.00. The zero-order valence-electron chi connectivity index (χ0n) is 11.8. The van der Waals surface area contributed by atoms with Crippen LogP contribution in [-0.4, -0.2) is 28.3 Å². The summed E-state index contributed by atoms with van der Waals surface area (Å²) >= 11 is 3.52. The summed E-state index contributed by atoms with van der Waals surface area (Å²) in [6.45, 7) is 2.03. The first kappa shape index (κ1) is 14.3. The quantitative estimate of drug-likeness (QED) is 0.915. The number of nitrogens with zero attached hydrogens (tertiary/aromatic N) is 4. The van der Waals surface area contributed by atoms with E-state index in [2.05, 4.69) is 41.3 Å². The van der Waals surface area contributed by atoms with E-state index in [1.807, 2.05) is 24.3 Å². The van der Waals surface area contributed by atoms with E-state index in [0.717, 1.165) is 29.1 Å². The number of anilines is 3. The van der Waals surface area contributed by atoms with E-state index in [-0.39, 0.29) is 0 Å². The van der Waals surface area contributed by atoms with Crippen LogP contribution in [0.4, 0.5) is 17.5 Å². The molecular weight excluding hydrogens is 330 g/mol. The summed E-state index contributed by atoms with van der Waals surface area (Å²) in [7, 11) is 0. The third-order valence-corrected chi connectivity index (χ3v) is 4.26. The van der Waals surface area contributed by atoms with Gasteiger partial charge < -0.3 is 10.2 Å². The van der Waals surface area contributed by atoms with E-state index in [9.17, 15) is 0 Å². The Morgan fingerprint density at radius 2 is 1.81 bits per heavy atom. The molecule has 0 bridgehead atoms. The Bertz CT molecular complexity index is 596. The first-order chi connectivity index (χ1) is 10.3. The molecule has 1 aliphatic heterocycles. The molecule has 0 aliphatic carbocycles. The summed E-state index contributed by atoms with van der Waals surface area (Å²) in [5.74, 6) is 1.44. The van der Waals surface area contributed by atoms with Crippen molar-refractivity contribution in [1.82, 2.24) is 15.2 Å². The summed E-state index contributed by atoms with van der Waals surface area (Å²) in [4.78, 5) is 6.82. The summed E-state index contributed by atoms with van der Waals surface area (Å²) in [6, 6.07) is 7.96. The van der Waals surface area contributed by atoms with Crippen LogP contribution in [0.1, 0.15) is 25.7 Å². The molecular formula is C15H18BrN5. The number of hydrogen-bond acceptors (Lipinski definition) is 5. The van der Waals surface area contributed by atoms with Gasteiger partial charge >= 0.3 is 0 Å². The van der Waals surface area contributed by atoms with Crippen LogP contribution in [0.2, 0.25) is 0 Å². The van der Waals surface area contributed by atoms with Crippen LogP contribution >= 0.6 is 15.9 Å². The van der Waals surface area contributed by atoms with Crippen molar-refractivity contribution in [2.45, 2.75) is 25.7 Å². The van der Waals surface area contributed by atoms with E-state index in [1.165, 1.54) is 25.7 Å². The van der Waals surface area contributed by atoms with E-state index in [4.69, 9.17) is 0 Å². The molecule has 5 nitrogen and oxygen atoms in total. The van der Waals surface area contributed by atoms with Gasteiger partial charge in [0, 0.05) is 17.6 Å².